The lowest BCUT2D eigenvalue weighted by Gasteiger charge is -2.12. The molecule has 0 aliphatic rings. The predicted molar refractivity (Wildman–Crippen MR) is 57.4 cm³/mol. The van der Waals surface area contributed by atoms with E-state index in [1.54, 1.807) is 0 Å². The van der Waals surface area contributed by atoms with Gasteiger partial charge in [-0.3, -0.25) is 4.55 Å². The van der Waals surface area contributed by atoms with E-state index >= 15 is 0 Å². The van der Waals surface area contributed by atoms with Crippen molar-refractivity contribution < 1.29 is 35.0 Å². The molecule has 84 valence electrons. The Morgan fingerprint density at radius 3 is 2.87 bits per heavy atom. The fourth-order valence-electron chi connectivity index (χ4n) is 0.733. The summed E-state index contributed by atoms with van der Waals surface area (Å²) in [4.78, 5) is 0. The maximum atomic E-state index is 11.1. The van der Waals surface area contributed by atoms with Crippen LogP contribution in [0.3, 0.4) is 0 Å². The quantitative estimate of drug-likeness (QED) is 0.827. The van der Waals surface area contributed by atoms with Gasteiger partial charge in [0.25, 0.3) is 0 Å². The summed E-state index contributed by atoms with van der Waals surface area (Å²) in [6.07, 6.45) is 0. The van der Waals surface area contributed by atoms with Crippen molar-refractivity contribution in [3.8, 4) is 5.75 Å². The monoisotopic (exact) mass is 243 g/mol. The van der Waals surface area contributed by atoms with Gasteiger partial charge in [0.1, 0.15) is 5.75 Å². The Morgan fingerprint density at radius 2 is 2.33 bits per heavy atom. The lowest BCUT2D eigenvalue weighted by Crippen LogP contribution is -2.09. The number of hydrogen-bond donors (Lipinski definition) is 1. The van der Waals surface area contributed by atoms with Crippen LogP contribution in [-0.2, 0) is 10.4 Å². The molecule has 15 heavy (non-hydrogen) atoms. The van der Waals surface area contributed by atoms with Crippen LogP contribution >= 0.6 is 0 Å². The molecule has 0 saturated carbocycles. The third-order valence-electron chi connectivity index (χ3n) is 1.22. The molecule has 0 radical (unpaired) electrons. The van der Waals surface area contributed by atoms with E-state index in [0.29, 0.717) is 0 Å². The maximum Gasteiger partial charge on any atom is 0.446 e. The predicted octanol–water partition coefficient (Wildman–Crippen LogP) is 2.30. The topological polar surface area (TPSA) is 63.6 Å². The van der Waals surface area contributed by atoms with Crippen LogP contribution in [0.5, 0.6) is 5.75 Å². The SMILES string of the molecule is [2H]c1c([2H])c(C([2H])(C([2H])([2H])[2H])C([2H])([2H])[2H])c(OS(=O)(=O)O)c([2H])c1C([2H])([2H])[2H]. The average molecular weight is 243 g/mol. The summed E-state index contributed by atoms with van der Waals surface area (Å²) < 4.78 is 133. The van der Waals surface area contributed by atoms with E-state index in [-0.39, 0.29) is 0 Å². The molecule has 1 aromatic carbocycles. The Balaban J connectivity index is 4.32. The lowest BCUT2D eigenvalue weighted by molar-refractivity contribution is 0.384. The van der Waals surface area contributed by atoms with Crippen LogP contribution in [0.2, 0.25) is 0 Å². The highest BCUT2D eigenvalue weighted by Crippen LogP contribution is 2.28. The second kappa shape index (κ2) is 4.20. The molecule has 1 aromatic rings. The van der Waals surface area contributed by atoms with Crippen molar-refractivity contribution in [2.75, 3.05) is 0 Å². The van der Waals surface area contributed by atoms with Crippen molar-refractivity contribution in [1.82, 2.24) is 0 Å². The van der Waals surface area contributed by atoms with Crippen LogP contribution in [0, 0.1) is 6.85 Å². The number of rotatable bonds is 3. The highest BCUT2D eigenvalue weighted by atomic mass is 32.3. The standard InChI is InChI=1S/C10H14O4S/c1-7(2)9-5-4-8(3)6-10(9)14-15(11,12)13/h4-7H,1-3H3,(H,11,12,13)/i1D3,2D3,3D3,4D,5D,6D,7D. The van der Waals surface area contributed by atoms with Crippen LogP contribution in [0.1, 0.15) is 48.5 Å². The molecule has 4 nitrogen and oxygen atoms in total. The first-order chi connectivity index (χ1) is 12.1. The molecule has 1 rings (SSSR count). The van der Waals surface area contributed by atoms with Crippen molar-refractivity contribution >= 4 is 10.4 Å². The normalized spacial score (nSPS) is 27.7. The van der Waals surface area contributed by atoms with Gasteiger partial charge >= 0.3 is 10.4 Å². The van der Waals surface area contributed by atoms with Gasteiger partial charge in [-0.2, -0.15) is 8.42 Å². The van der Waals surface area contributed by atoms with Crippen molar-refractivity contribution in [2.45, 2.75) is 26.4 Å². The van der Waals surface area contributed by atoms with Gasteiger partial charge in [0.2, 0.25) is 0 Å². The van der Waals surface area contributed by atoms with Crippen LogP contribution < -0.4 is 4.18 Å². The van der Waals surface area contributed by atoms with E-state index in [1.165, 1.54) is 0 Å². The molecular weight excluding hydrogens is 216 g/mol. The molecule has 0 saturated heterocycles. The molecule has 0 atom stereocenters. The molecule has 1 N–H and O–H groups in total. The van der Waals surface area contributed by atoms with Crippen LogP contribution in [0.4, 0.5) is 0 Å². The molecule has 0 amide bonds. The maximum absolute atomic E-state index is 11.1. The van der Waals surface area contributed by atoms with Crippen molar-refractivity contribution in [3.63, 3.8) is 0 Å². The Hall–Kier alpha value is -1.07. The van der Waals surface area contributed by atoms with Crippen LogP contribution in [-0.4, -0.2) is 13.0 Å². The molecule has 0 unspecified atom stereocenters. The van der Waals surface area contributed by atoms with Gasteiger partial charge < -0.3 is 4.18 Å². The molecule has 0 heterocycles. The van der Waals surface area contributed by atoms with Gasteiger partial charge in [-0.05, 0) is 29.9 Å². The minimum absolute atomic E-state index is 1.25. The zero-order valence-corrected chi connectivity index (χ0v) is 7.90. The molecule has 0 bridgehead atoms. The second-order valence-electron chi connectivity index (χ2n) is 2.34. The number of hydrogen-bond acceptors (Lipinski definition) is 3. The van der Waals surface area contributed by atoms with Gasteiger partial charge in [-0.1, -0.05) is 25.8 Å². The molecule has 5 heteroatoms. The first-order valence-electron chi connectivity index (χ1n) is 9.89. The number of benzene rings is 1. The van der Waals surface area contributed by atoms with Gasteiger partial charge in [0, 0.05) is 13.7 Å². The third-order valence-corrected chi connectivity index (χ3v) is 1.59. The summed E-state index contributed by atoms with van der Waals surface area (Å²) in [5.41, 5.74) is -2.81. The zero-order valence-electron chi connectivity index (χ0n) is 20.1. The second-order valence-corrected chi connectivity index (χ2v) is 3.36. The first-order valence-corrected chi connectivity index (χ1v) is 4.75. The summed E-state index contributed by atoms with van der Waals surface area (Å²) in [7, 11) is -5.56. The summed E-state index contributed by atoms with van der Waals surface area (Å²) in [5.74, 6) is -5.44. The van der Waals surface area contributed by atoms with E-state index in [2.05, 4.69) is 4.18 Å². The lowest BCUT2D eigenvalue weighted by atomic mass is 10.0. The Kier molecular flexibility index (Phi) is 0.899. The zero-order chi connectivity index (χ0) is 22.7. The van der Waals surface area contributed by atoms with E-state index < -0.39 is 71.9 Å². The third kappa shape index (κ3) is 3.53. The Labute approximate surface area is 108 Å². The van der Waals surface area contributed by atoms with Crippen molar-refractivity contribution in [3.05, 3.63) is 29.3 Å². The molecule has 0 fully saturated rings. The van der Waals surface area contributed by atoms with Gasteiger partial charge in [0.15, 0.2) is 0 Å². The minimum atomic E-state index is -5.56. The summed E-state index contributed by atoms with van der Waals surface area (Å²) in [6, 6.07) is -4.24. The molecule has 0 spiro atoms. The van der Waals surface area contributed by atoms with Crippen molar-refractivity contribution in [1.29, 1.82) is 0 Å². The van der Waals surface area contributed by atoms with Gasteiger partial charge in [-0.15, -0.1) is 0 Å². The fraction of sp³-hybridized carbons (Fsp3) is 0.400. The Bertz CT molecular complexity index is 867. The van der Waals surface area contributed by atoms with E-state index in [1.807, 2.05) is 0 Å². The van der Waals surface area contributed by atoms with Crippen LogP contribution in [0.25, 0.3) is 0 Å². The highest BCUT2D eigenvalue weighted by Gasteiger charge is 2.13. The summed E-state index contributed by atoms with van der Waals surface area (Å²) >= 11 is 0. The van der Waals surface area contributed by atoms with Gasteiger partial charge in [-0.25, -0.2) is 0 Å². The average Bonchev–Trinajstić information content (AvgIpc) is 2.39. The summed E-state index contributed by atoms with van der Waals surface area (Å²) in [6.45, 7) is -10.8. The van der Waals surface area contributed by atoms with Crippen LogP contribution in [0.15, 0.2) is 18.1 Å². The largest absolute Gasteiger partial charge is 0.446 e. The smallest absolute Gasteiger partial charge is 0.361 e. The fourth-order valence-corrected chi connectivity index (χ4v) is 1.07. The summed E-state index contributed by atoms with van der Waals surface area (Å²) in [5, 5.41) is 0. The Morgan fingerprint density at radius 1 is 1.60 bits per heavy atom. The van der Waals surface area contributed by atoms with Gasteiger partial charge in [0.05, 0.1) is 4.11 Å². The highest BCUT2D eigenvalue weighted by molar-refractivity contribution is 7.81. The van der Waals surface area contributed by atoms with E-state index in [4.69, 9.17) is 22.4 Å². The van der Waals surface area contributed by atoms with Crippen molar-refractivity contribution in [2.24, 2.45) is 0 Å². The molecule has 0 aromatic heterocycles. The van der Waals surface area contributed by atoms with E-state index in [9.17, 15) is 8.42 Å². The molecular formula is C10H14O4S. The minimum Gasteiger partial charge on any atom is -0.361 e. The molecule has 0 aliphatic carbocycles. The first kappa shape index (κ1) is 3.21. The molecule has 0 aliphatic heterocycles. The van der Waals surface area contributed by atoms with E-state index in [0.717, 1.165) is 0 Å².